The third-order valence-electron chi connectivity index (χ3n) is 0.804. The minimum absolute atomic E-state index is 0.0351. The predicted octanol–water partition coefficient (Wildman–Crippen LogP) is -0.167. The summed E-state index contributed by atoms with van der Waals surface area (Å²) >= 11 is 0.158. The monoisotopic (exact) mass is 384 g/mol. The van der Waals surface area contributed by atoms with Crippen LogP contribution in [0, 0.1) is 66.0 Å². The molecule has 0 bridgehead atoms. The molecular weight excluding hydrogens is 381 g/mol. The van der Waals surface area contributed by atoms with E-state index in [0.29, 0.717) is 0 Å². The first-order valence-corrected chi connectivity index (χ1v) is 8.61. The molecule has 0 aliphatic heterocycles. The zero-order chi connectivity index (χ0) is 10.6. The van der Waals surface area contributed by atoms with E-state index in [0.717, 1.165) is 0 Å². The summed E-state index contributed by atoms with van der Waals surface area (Å²) in [7, 11) is 0. The van der Waals surface area contributed by atoms with E-state index in [2.05, 4.69) is 66.0 Å². The number of hydrogen-bond acceptors (Lipinski definition) is 0. The molecule has 0 saturated carbocycles. The summed E-state index contributed by atoms with van der Waals surface area (Å²) in [6, 6.07) is 15.9. The zero-order valence-corrected chi connectivity index (χ0v) is 12.4. The van der Waals surface area contributed by atoms with Gasteiger partial charge in [-0.3, -0.25) is 0 Å². The average Bonchev–Trinajstić information content (AvgIpc) is 2.27. The van der Waals surface area contributed by atoms with Gasteiger partial charge in [0, 0.05) is 0 Å². The van der Waals surface area contributed by atoms with E-state index < -0.39 is 0 Å². The molecule has 1 heterocycles. The molecule has 66 valence electrons. The van der Waals surface area contributed by atoms with Gasteiger partial charge in [-0.1, -0.05) is 0 Å². The Morgan fingerprint density at radius 1 is 0.333 bits per heavy atom. The topological polar surface area (TPSA) is 0 Å². The van der Waals surface area contributed by atoms with Gasteiger partial charge in [-0.05, 0) is 0 Å². The second kappa shape index (κ2) is 9.47. The second-order valence-corrected chi connectivity index (χ2v) is 5.52. The third-order valence-corrected chi connectivity index (χ3v) is 4.68. The maximum absolute atomic E-state index is 3.00. The van der Waals surface area contributed by atoms with Crippen LogP contribution in [0.4, 0.5) is 0 Å². The van der Waals surface area contributed by atoms with Crippen LogP contribution < -0.4 is 0 Å². The predicted molar refractivity (Wildman–Crippen MR) is 56.2 cm³/mol. The van der Waals surface area contributed by atoms with E-state index in [9.17, 15) is 0 Å². The fraction of sp³-hybridized carbons (Fsp3) is 0. The van der Waals surface area contributed by atoms with Crippen LogP contribution in [0.15, 0.2) is 0 Å². The van der Waals surface area contributed by atoms with E-state index in [1.54, 1.807) is 0 Å². The van der Waals surface area contributed by atoms with Gasteiger partial charge in [-0.2, -0.15) is 0 Å². The van der Waals surface area contributed by atoms with Crippen molar-refractivity contribution in [2.24, 2.45) is 0 Å². The first-order chi connectivity index (χ1) is 7.50. The summed E-state index contributed by atoms with van der Waals surface area (Å²) in [5.41, 5.74) is 0. The Kier molecular flexibility index (Phi) is 7.57. The van der Waals surface area contributed by atoms with Gasteiger partial charge in [-0.15, -0.1) is 0 Å². The van der Waals surface area contributed by atoms with Crippen molar-refractivity contribution in [1.29, 1.82) is 0 Å². The van der Waals surface area contributed by atoms with Crippen molar-refractivity contribution >= 4 is 43.5 Å². The Morgan fingerprint density at radius 2 is 0.667 bits per heavy atom. The molecule has 0 aliphatic carbocycles. The van der Waals surface area contributed by atoms with Crippen molar-refractivity contribution in [2.75, 3.05) is 0 Å². The molecule has 0 fully saturated rings. The molecule has 1 rings (SSSR count). The van der Waals surface area contributed by atoms with E-state index >= 15 is 0 Å². The van der Waals surface area contributed by atoms with Gasteiger partial charge >= 0.3 is 110 Å². The standard InChI is InChI=1S/C12Se3/c1-2-4-6-8-14-10-12-15-11-9-13-7-5-3-1. The maximum atomic E-state index is 3.00. The van der Waals surface area contributed by atoms with Crippen molar-refractivity contribution in [3.63, 3.8) is 0 Å². The molecule has 0 atom stereocenters. The summed E-state index contributed by atoms with van der Waals surface area (Å²) in [6.07, 6.45) is 0. The Morgan fingerprint density at radius 3 is 1.13 bits per heavy atom. The molecule has 15 heavy (non-hydrogen) atoms. The molecule has 3 heteroatoms. The van der Waals surface area contributed by atoms with Crippen LogP contribution in [0.25, 0.3) is 0 Å². The SMILES string of the molecule is c1c#cc#c[se]c#c[se]c#c[se]c#cc#1. The average molecular weight is 381 g/mol. The molecule has 0 radical (unpaired) electrons. The van der Waals surface area contributed by atoms with Crippen molar-refractivity contribution in [2.45, 2.75) is 0 Å². The van der Waals surface area contributed by atoms with Crippen molar-refractivity contribution < 1.29 is 0 Å². The Bertz CT molecular complexity index is 243. The van der Waals surface area contributed by atoms with E-state index in [1.807, 2.05) is 0 Å². The molecule has 0 saturated heterocycles. The summed E-state index contributed by atoms with van der Waals surface area (Å²) in [5, 5.41) is 0. The van der Waals surface area contributed by atoms with Crippen LogP contribution in [0.3, 0.4) is 0 Å². The fourth-order valence-corrected chi connectivity index (χ4v) is 3.30. The van der Waals surface area contributed by atoms with Gasteiger partial charge in [0.15, 0.2) is 0 Å². The van der Waals surface area contributed by atoms with E-state index in [1.165, 1.54) is 0 Å². The van der Waals surface area contributed by atoms with Crippen LogP contribution in [-0.2, 0) is 0 Å². The summed E-state index contributed by atoms with van der Waals surface area (Å²) in [4.78, 5) is 17.7. The zero-order valence-electron chi connectivity index (χ0n) is 7.22. The molecule has 0 N–H and O–H groups in total. The first-order valence-electron chi connectivity index (χ1n) is 3.47. The van der Waals surface area contributed by atoms with Gasteiger partial charge in [0.2, 0.25) is 0 Å². The van der Waals surface area contributed by atoms with Crippen LogP contribution in [0.1, 0.15) is 0 Å². The van der Waals surface area contributed by atoms with E-state index in [4.69, 9.17) is 0 Å². The fourth-order valence-electron chi connectivity index (χ4n) is 0.387. The Balaban J connectivity index is 3.01. The van der Waals surface area contributed by atoms with Gasteiger partial charge < -0.3 is 0 Å². The molecule has 0 aliphatic rings. The molecular formula is C12Se3. The molecule has 1 aromatic heterocycles. The molecule has 0 unspecified atom stereocenters. The van der Waals surface area contributed by atoms with Crippen LogP contribution in [0.5, 0.6) is 0 Å². The second-order valence-electron chi connectivity index (χ2n) is 1.67. The molecule has 1 aromatic rings. The van der Waals surface area contributed by atoms with Gasteiger partial charge in [0.25, 0.3) is 0 Å². The Labute approximate surface area is 109 Å². The van der Waals surface area contributed by atoms with E-state index in [-0.39, 0.29) is 43.5 Å². The molecule has 0 aromatic carbocycles. The van der Waals surface area contributed by atoms with Gasteiger partial charge in [0.05, 0.1) is 0 Å². The molecule has 0 nitrogen and oxygen atoms in total. The summed E-state index contributed by atoms with van der Waals surface area (Å²) in [5.74, 6) is 0. The quantitative estimate of drug-likeness (QED) is 0.548. The van der Waals surface area contributed by atoms with Crippen molar-refractivity contribution in [1.82, 2.24) is 0 Å². The van der Waals surface area contributed by atoms with Gasteiger partial charge in [0.1, 0.15) is 0 Å². The van der Waals surface area contributed by atoms with Crippen molar-refractivity contribution in [3.05, 3.63) is 66.0 Å². The molecule has 0 amide bonds. The van der Waals surface area contributed by atoms with Crippen LogP contribution >= 0.6 is 0 Å². The number of rotatable bonds is 0. The van der Waals surface area contributed by atoms with Crippen LogP contribution in [0.2, 0.25) is 0 Å². The van der Waals surface area contributed by atoms with Crippen molar-refractivity contribution in [3.8, 4) is 0 Å². The summed E-state index contributed by atoms with van der Waals surface area (Å²) in [6.45, 7) is 0. The Hall–Kier alpha value is -1.08. The summed E-state index contributed by atoms with van der Waals surface area (Å²) < 4.78 is 0. The normalized spacial score (nSPS) is 4.80. The molecule has 0 spiro atoms. The van der Waals surface area contributed by atoms with Gasteiger partial charge in [-0.25, -0.2) is 0 Å². The third kappa shape index (κ3) is 7.95. The van der Waals surface area contributed by atoms with Crippen LogP contribution in [-0.4, -0.2) is 43.5 Å². The minimum atomic E-state index is 0.0351. The first kappa shape index (κ1) is 12.0. The number of hydrogen-bond donors (Lipinski definition) is 0.